The third-order valence-corrected chi connectivity index (χ3v) is 3.61. The van der Waals surface area contributed by atoms with E-state index in [1.807, 2.05) is 6.92 Å². The zero-order chi connectivity index (χ0) is 14.7. The molecular weight excluding hydrogens is 260 g/mol. The van der Waals surface area contributed by atoms with Crippen molar-refractivity contribution in [2.45, 2.75) is 38.6 Å². The number of benzene rings is 1. The zero-order valence-electron chi connectivity index (χ0n) is 11.3. The van der Waals surface area contributed by atoms with Gasteiger partial charge in [-0.1, -0.05) is 19.8 Å². The van der Waals surface area contributed by atoms with Gasteiger partial charge in [0.15, 0.2) is 0 Å². The standard InChI is InChI=1S/C14H18N2O4/c1-2-10(7-9-3-4-9)15-13-8-11(16(19)20)5-6-12(13)14(17)18/h5-6,8-10,15H,2-4,7H2,1H3,(H,17,18). The number of hydrogen-bond donors (Lipinski definition) is 2. The second kappa shape index (κ2) is 5.90. The van der Waals surface area contributed by atoms with Crippen LogP contribution in [0.1, 0.15) is 43.0 Å². The van der Waals surface area contributed by atoms with E-state index in [-0.39, 0.29) is 17.3 Å². The fourth-order valence-electron chi connectivity index (χ4n) is 2.26. The fraction of sp³-hybridized carbons (Fsp3) is 0.500. The molecule has 6 heteroatoms. The lowest BCUT2D eigenvalue weighted by Gasteiger charge is -2.19. The fourth-order valence-corrected chi connectivity index (χ4v) is 2.26. The maximum absolute atomic E-state index is 11.2. The molecule has 6 nitrogen and oxygen atoms in total. The van der Waals surface area contributed by atoms with Crippen LogP contribution in [0.3, 0.4) is 0 Å². The molecule has 0 spiro atoms. The highest BCUT2D eigenvalue weighted by Crippen LogP contribution is 2.35. The highest BCUT2D eigenvalue weighted by molar-refractivity contribution is 5.94. The Hall–Kier alpha value is -2.11. The molecule has 0 saturated heterocycles. The van der Waals surface area contributed by atoms with Crippen molar-refractivity contribution in [3.63, 3.8) is 0 Å². The number of anilines is 1. The molecule has 0 radical (unpaired) electrons. The number of carboxylic acids is 1. The highest BCUT2D eigenvalue weighted by Gasteiger charge is 2.25. The molecular formula is C14H18N2O4. The number of hydrogen-bond acceptors (Lipinski definition) is 4. The number of carboxylic acid groups (broad SMARTS) is 1. The molecule has 0 aliphatic heterocycles. The number of nitrogens with one attached hydrogen (secondary N) is 1. The molecule has 1 aliphatic rings. The summed E-state index contributed by atoms with van der Waals surface area (Å²) in [5, 5.41) is 23.1. The Kier molecular flexibility index (Phi) is 4.22. The lowest BCUT2D eigenvalue weighted by atomic mass is 10.1. The van der Waals surface area contributed by atoms with Gasteiger partial charge in [-0.3, -0.25) is 10.1 Å². The Morgan fingerprint density at radius 3 is 2.75 bits per heavy atom. The van der Waals surface area contributed by atoms with Gasteiger partial charge < -0.3 is 10.4 Å². The van der Waals surface area contributed by atoms with Crippen molar-refractivity contribution in [3.8, 4) is 0 Å². The first-order valence-electron chi connectivity index (χ1n) is 6.79. The predicted molar refractivity (Wildman–Crippen MR) is 75.1 cm³/mol. The van der Waals surface area contributed by atoms with E-state index in [0.29, 0.717) is 11.6 Å². The molecule has 1 fully saturated rings. The zero-order valence-corrected chi connectivity index (χ0v) is 11.3. The number of nitro groups is 1. The molecule has 108 valence electrons. The molecule has 0 amide bonds. The van der Waals surface area contributed by atoms with E-state index in [0.717, 1.165) is 12.8 Å². The van der Waals surface area contributed by atoms with Gasteiger partial charge in [0.25, 0.3) is 5.69 Å². The summed E-state index contributed by atoms with van der Waals surface area (Å²) in [7, 11) is 0. The number of nitro benzene ring substituents is 1. The van der Waals surface area contributed by atoms with Crippen LogP contribution in [0.2, 0.25) is 0 Å². The minimum absolute atomic E-state index is 0.0739. The molecule has 0 heterocycles. The molecule has 2 N–H and O–H groups in total. The van der Waals surface area contributed by atoms with Crippen molar-refractivity contribution in [2.24, 2.45) is 5.92 Å². The summed E-state index contributed by atoms with van der Waals surface area (Å²) in [5.74, 6) is -0.372. The minimum Gasteiger partial charge on any atom is -0.478 e. The van der Waals surface area contributed by atoms with Crippen LogP contribution in [0.4, 0.5) is 11.4 Å². The Balaban J connectivity index is 2.23. The Labute approximate surface area is 117 Å². The third-order valence-electron chi connectivity index (χ3n) is 3.61. The summed E-state index contributed by atoms with van der Waals surface area (Å²) in [4.78, 5) is 21.5. The quantitative estimate of drug-likeness (QED) is 0.589. The lowest BCUT2D eigenvalue weighted by Crippen LogP contribution is -2.21. The number of nitrogens with zero attached hydrogens (tertiary/aromatic N) is 1. The van der Waals surface area contributed by atoms with Crippen LogP contribution in [-0.4, -0.2) is 22.0 Å². The maximum atomic E-state index is 11.2. The van der Waals surface area contributed by atoms with Crippen LogP contribution >= 0.6 is 0 Å². The van der Waals surface area contributed by atoms with Crippen LogP contribution < -0.4 is 5.32 Å². The van der Waals surface area contributed by atoms with E-state index in [1.54, 1.807) is 0 Å². The van der Waals surface area contributed by atoms with E-state index in [1.165, 1.54) is 31.0 Å². The summed E-state index contributed by atoms with van der Waals surface area (Å²) < 4.78 is 0. The summed E-state index contributed by atoms with van der Waals surface area (Å²) >= 11 is 0. The van der Waals surface area contributed by atoms with Gasteiger partial charge in [0.2, 0.25) is 0 Å². The van der Waals surface area contributed by atoms with Crippen LogP contribution in [0, 0.1) is 16.0 Å². The van der Waals surface area contributed by atoms with Crippen molar-refractivity contribution >= 4 is 17.3 Å². The van der Waals surface area contributed by atoms with Gasteiger partial charge >= 0.3 is 5.97 Å². The Morgan fingerprint density at radius 1 is 1.55 bits per heavy atom. The van der Waals surface area contributed by atoms with Gasteiger partial charge in [0, 0.05) is 18.2 Å². The van der Waals surface area contributed by atoms with E-state index in [9.17, 15) is 14.9 Å². The van der Waals surface area contributed by atoms with Gasteiger partial charge in [-0.2, -0.15) is 0 Å². The van der Waals surface area contributed by atoms with Crippen molar-refractivity contribution in [2.75, 3.05) is 5.32 Å². The van der Waals surface area contributed by atoms with E-state index in [4.69, 9.17) is 5.11 Å². The molecule has 1 aromatic rings. The minimum atomic E-state index is -1.08. The van der Waals surface area contributed by atoms with Gasteiger partial charge in [0.05, 0.1) is 16.2 Å². The number of rotatable bonds is 7. The van der Waals surface area contributed by atoms with Crippen LogP contribution in [0.25, 0.3) is 0 Å². The average molecular weight is 278 g/mol. The molecule has 1 atom stereocenters. The van der Waals surface area contributed by atoms with E-state index in [2.05, 4.69) is 5.32 Å². The number of carbonyl (C=O) groups is 1. The first-order valence-corrected chi connectivity index (χ1v) is 6.79. The normalized spacial score (nSPS) is 15.7. The van der Waals surface area contributed by atoms with Gasteiger partial charge in [-0.15, -0.1) is 0 Å². The van der Waals surface area contributed by atoms with Gasteiger partial charge in [0.1, 0.15) is 0 Å². The predicted octanol–water partition coefficient (Wildman–Crippen LogP) is 3.28. The second-order valence-electron chi connectivity index (χ2n) is 5.22. The first-order chi connectivity index (χ1) is 9.51. The van der Waals surface area contributed by atoms with Crippen molar-refractivity contribution < 1.29 is 14.8 Å². The van der Waals surface area contributed by atoms with E-state index >= 15 is 0 Å². The molecule has 1 saturated carbocycles. The van der Waals surface area contributed by atoms with Crippen LogP contribution in [-0.2, 0) is 0 Å². The molecule has 2 rings (SSSR count). The lowest BCUT2D eigenvalue weighted by molar-refractivity contribution is -0.384. The molecule has 1 unspecified atom stereocenters. The highest BCUT2D eigenvalue weighted by atomic mass is 16.6. The second-order valence-corrected chi connectivity index (χ2v) is 5.22. The van der Waals surface area contributed by atoms with Crippen molar-refractivity contribution in [1.82, 2.24) is 0 Å². The van der Waals surface area contributed by atoms with E-state index < -0.39 is 10.9 Å². The van der Waals surface area contributed by atoms with Crippen molar-refractivity contribution in [1.29, 1.82) is 0 Å². The first kappa shape index (κ1) is 14.3. The Morgan fingerprint density at radius 2 is 2.25 bits per heavy atom. The maximum Gasteiger partial charge on any atom is 0.337 e. The monoisotopic (exact) mass is 278 g/mol. The topological polar surface area (TPSA) is 92.5 Å². The molecule has 0 bridgehead atoms. The summed E-state index contributed by atoms with van der Waals surface area (Å²) in [5.41, 5.74) is 0.308. The summed E-state index contributed by atoms with van der Waals surface area (Å²) in [6.45, 7) is 2.03. The van der Waals surface area contributed by atoms with Gasteiger partial charge in [-0.25, -0.2) is 4.79 Å². The summed E-state index contributed by atoms with van der Waals surface area (Å²) in [6.07, 6.45) is 4.29. The SMILES string of the molecule is CCC(CC1CC1)Nc1cc([N+](=O)[O-])ccc1C(=O)O. The smallest absolute Gasteiger partial charge is 0.337 e. The largest absolute Gasteiger partial charge is 0.478 e. The Bertz CT molecular complexity index is 526. The summed E-state index contributed by atoms with van der Waals surface area (Å²) in [6, 6.07) is 3.96. The number of aromatic carboxylic acids is 1. The molecule has 1 aromatic carbocycles. The van der Waals surface area contributed by atoms with Crippen LogP contribution in [0.5, 0.6) is 0 Å². The molecule has 1 aliphatic carbocycles. The average Bonchev–Trinajstić information content (AvgIpc) is 3.21. The molecule has 0 aromatic heterocycles. The number of non-ortho nitro benzene ring substituents is 1. The third kappa shape index (κ3) is 3.46. The van der Waals surface area contributed by atoms with Gasteiger partial charge in [-0.05, 0) is 24.8 Å². The van der Waals surface area contributed by atoms with Crippen LogP contribution in [0.15, 0.2) is 18.2 Å². The van der Waals surface area contributed by atoms with Crippen molar-refractivity contribution in [3.05, 3.63) is 33.9 Å². The molecule has 20 heavy (non-hydrogen) atoms.